The number of rotatable bonds is 6. The van der Waals surface area contributed by atoms with Crippen molar-refractivity contribution in [3.8, 4) is 16.9 Å². The average Bonchev–Trinajstić information content (AvgIpc) is 2.71. The van der Waals surface area contributed by atoms with Crippen LogP contribution in [0.2, 0.25) is 0 Å². The minimum absolute atomic E-state index is 0.156. The Labute approximate surface area is 172 Å². The zero-order valence-electron chi connectivity index (χ0n) is 16.4. The molecule has 2 aromatic carbocycles. The second kappa shape index (κ2) is 9.45. The summed E-state index contributed by atoms with van der Waals surface area (Å²) in [6.07, 6.45) is 6.25. The van der Waals surface area contributed by atoms with E-state index in [-0.39, 0.29) is 5.56 Å². The molecule has 1 saturated carbocycles. The topological polar surface area (TPSA) is 9.23 Å². The molecule has 0 radical (unpaired) electrons. The van der Waals surface area contributed by atoms with E-state index in [9.17, 15) is 22.0 Å². The van der Waals surface area contributed by atoms with Crippen LogP contribution in [0.5, 0.6) is 5.75 Å². The summed E-state index contributed by atoms with van der Waals surface area (Å²) in [4.78, 5) is 0. The van der Waals surface area contributed by atoms with Crippen LogP contribution in [0.1, 0.15) is 43.6 Å². The molecule has 1 fully saturated rings. The second-order valence-electron chi connectivity index (χ2n) is 7.56. The van der Waals surface area contributed by atoms with Crippen molar-refractivity contribution in [2.45, 2.75) is 44.4 Å². The lowest BCUT2D eigenvalue weighted by atomic mass is 9.77. The Morgan fingerprint density at radius 3 is 2.07 bits per heavy atom. The van der Waals surface area contributed by atoms with Gasteiger partial charge in [0.2, 0.25) is 5.75 Å². The first-order chi connectivity index (χ1) is 14.3. The summed E-state index contributed by atoms with van der Waals surface area (Å²) < 4.78 is 68.2. The molecule has 0 N–H and O–H groups in total. The first-order valence-corrected chi connectivity index (χ1v) is 9.89. The molecule has 1 aliphatic rings. The van der Waals surface area contributed by atoms with Crippen molar-refractivity contribution >= 4 is 0 Å². The van der Waals surface area contributed by atoms with Crippen molar-refractivity contribution in [1.29, 1.82) is 0 Å². The molecule has 1 aliphatic carbocycles. The molecule has 0 amide bonds. The smallest absolute Gasteiger partial charge is 0.399 e. The fraction of sp³-hybridized carbons (Fsp3) is 0.333. The fourth-order valence-electron chi connectivity index (χ4n) is 3.99. The molecule has 0 aliphatic heterocycles. The first kappa shape index (κ1) is 22.1. The van der Waals surface area contributed by atoms with Gasteiger partial charge in [-0.25, -0.2) is 8.78 Å². The van der Waals surface area contributed by atoms with E-state index in [4.69, 9.17) is 0 Å². The van der Waals surface area contributed by atoms with Crippen LogP contribution in [0.15, 0.2) is 61.2 Å². The Kier molecular flexibility index (Phi) is 6.95. The van der Waals surface area contributed by atoms with Crippen LogP contribution in [0.3, 0.4) is 0 Å². The number of benzene rings is 2. The monoisotopic (exact) mass is 422 g/mol. The van der Waals surface area contributed by atoms with E-state index in [1.807, 2.05) is 18.2 Å². The molecule has 0 saturated heterocycles. The van der Waals surface area contributed by atoms with Gasteiger partial charge in [-0.15, -0.1) is 13.2 Å². The highest BCUT2D eigenvalue weighted by Crippen LogP contribution is 2.38. The zero-order valence-corrected chi connectivity index (χ0v) is 16.4. The van der Waals surface area contributed by atoms with Gasteiger partial charge < -0.3 is 4.74 Å². The third-order valence-electron chi connectivity index (χ3n) is 5.52. The standard InChI is InChI=1S/C24H23F5O/c1-2-3-4-5-16-6-8-17(9-7-16)18-10-12-19(13-11-18)20-14-21(25)23(22(26)15-20)30-24(27,28)29/h2-4,10-17H,1,5-9H2. The van der Waals surface area contributed by atoms with Gasteiger partial charge in [0.25, 0.3) is 0 Å². The number of alkyl halides is 3. The van der Waals surface area contributed by atoms with Crippen LogP contribution < -0.4 is 4.74 Å². The lowest BCUT2D eigenvalue weighted by Crippen LogP contribution is -2.19. The van der Waals surface area contributed by atoms with Crippen molar-refractivity contribution in [2.24, 2.45) is 5.92 Å². The Morgan fingerprint density at radius 2 is 1.53 bits per heavy atom. The van der Waals surface area contributed by atoms with E-state index >= 15 is 0 Å². The second-order valence-corrected chi connectivity index (χ2v) is 7.56. The predicted molar refractivity (Wildman–Crippen MR) is 107 cm³/mol. The average molecular weight is 422 g/mol. The van der Waals surface area contributed by atoms with Gasteiger partial charge >= 0.3 is 6.36 Å². The van der Waals surface area contributed by atoms with Gasteiger partial charge in [0.05, 0.1) is 0 Å². The van der Waals surface area contributed by atoms with Crippen LogP contribution in [-0.2, 0) is 0 Å². The number of allylic oxidation sites excluding steroid dienone is 3. The number of halogens is 5. The summed E-state index contributed by atoms with van der Waals surface area (Å²) in [6, 6.07) is 9.03. The van der Waals surface area contributed by atoms with E-state index in [2.05, 4.69) is 17.4 Å². The van der Waals surface area contributed by atoms with E-state index in [1.54, 1.807) is 18.2 Å². The Morgan fingerprint density at radius 1 is 0.933 bits per heavy atom. The molecule has 1 nitrogen and oxygen atoms in total. The van der Waals surface area contributed by atoms with Crippen molar-refractivity contribution in [3.63, 3.8) is 0 Å². The van der Waals surface area contributed by atoms with Gasteiger partial charge in [0, 0.05) is 0 Å². The largest absolute Gasteiger partial charge is 0.573 e. The lowest BCUT2D eigenvalue weighted by Gasteiger charge is -2.28. The van der Waals surface area contributed by atoms with Gasteiger partial charge in [-0.1, -0.05) is 49.1 Å². The number of hydrogen-bond acceptors (Lipinski definition) is 1. The Hall–Kier alpha value is -2.63. The van der Waals surface area contributed by atoms with Gasteiger partial charge in [-0.3, -0.25) is 0 Å². The maximum atomic E-state index is 14.0. The highest BCUT2D eigenvalue weighted by molar-refractivity contribution is 5.65. The van der Waals surface area contributed by atoms with Crippen LogP contribution in [-0.4, -0.2) is 6.36 Å². The molecule has 3 rings (SSSR count). The molecule has 0 atom stereocenters. The number of ether oxygens (including phenoxy) is 1. The van der Waals surface area contributed by atoms with Crippen LogP contribution >= 0.6 is 0 Å². The highest BCUT2D eigenvalue weighted by Gasteiger charge is 2.34. The van der Waals surface area contributed by atoms with E-state index < -0.39 is 23.7 Å². The molecule has 0 heterocycles. The van der Waals surface area contributed by atoms with Crippen LogP contribution in [0, 0.1) is 17.6 Å². The number of hydrogen-bond donors (Lipinski definition) is 0. The molecular weight excluding hydrogens is 399 g/mol. The normalized spacial score (nSPS) is 19.8. The van der Waals surface area contributed by atoms with Crippen molar-refractivity contribution < 1.29 is 26.7 Å². The predicted octanol–water partition coefficient (Wildman–Crippen LogP) is 7.94. The van der Waals surface area contributed by atoms with Gasteiger partial charge in [-0.05, 0) is 72.8 Å². The minimum Gasteiger partial charge on any atom is -0.399 e. The summed E-state index contributed by atoms with van der Waals surface area (Å²) in [5.74, 6) is -3.11. The van der Waals surface area contributed by atoms with E-state index in [0.717, 1.165) is 49.8 Å². The Balaban J connectivity index is 1.68. The van der Waals surface area contributed by atoms with Gasteiger partial charge in [0.15, 0.2) is 11.6 Å². The summed E-state index contributed by atoms with van der Waals surface area (Å²) in [5.41, 5.74) is 1.85. The first-order valence-electron chi connectivity index (χ1n) is 9.89. The van der Waals surface area contributed by atoms with Crippen molar-refractivity contribution in [1.82, 2.24) is 0 Å². The molecule has 0 spiro atoms. The molecule has 0 aromatic heterocycles. The third kappa shape index (κ3) is 5.71. The Bertz CT molecular complexity index is 868. The van der Waals surface area contributed by atoms with Gasteiger partial charge in [0.1, 0.15) is 0 Å². The minimum atomic E-state index is -5.16. The molecule has 0 bridgehead atoms. The van der Waals surface area contributed by atoms with E-state index in [0.29, 0.717) is 17.4 Å². The van der Waals surface area contributed by atoms with E-state index in [1.165, 1.54) is 0 Å². The molecule has 30 heavy (non-hydrogen) atoms. The molecule has 160 valence electrons. The maximum absolute atomic E-state index is 14.0. The molecule has 0 unspecified atom stereocenters. The quantitative estimate of drug-likeness (QED) is 0.339. The van der Waals surface area contributed by atoms with Crippen LogP contribution in [0.4, 0.5) is 22.0 Å². The van der Waals surface area contributed by atoms with Crippen molar-refractivity contribution in [2.75, 3.05) is 0 Å². The fourth-order valence-corrected chi connectivity index (χ4v) is 3.99. The molecule has 2 aromatic rings. The maximum Gasteiger partial charge on any atom is 0.573 e. The zero-order chi connectivity index (χ0) is 21.7. The van der Waals surface area contributed by atoms with Crippen molar-refractivity contribution in [3.05, 3.63) is 78.4 Å². The molecule has 6 heteroatoms. The summed E-state index contributed by atoms with van der Waals surface area (Å²) in [7, 11) is 0. The summed E-state index contributed by atoms with van der Waals surface area (Å²) in [6.45, 7) is 3.67. The van der Waals surface area contributed by atoms with Crippen LogP contribution in [0.25, 0.3) is 11.1 Å². The summed E-state index contributed by atoms with van der Waals surface area (Å²) >= 11 is 0. The SMILES string of the molecule is C=CC=CCC1CCC(c2ccc(-c3cc(F)c(OC(F)(F)F)c(F)c3)cc2)CC1. The van der Waals surface area contributed by atoms with Gasteiger partial charge in [-0.2, -0.15) is 0 Å². The third-order valence-corrected chi connectivity index (χ3v) is 5.52. The lowest BCUT2D eigenvalue weighted by molar-refractivity contribution is -0.276. The molecular formula is C24H23F5O. The summed E-state index contributed by atoms with van der Waals surface area (Å²) in [5, 5.41) is 0. The highest BCUT2D eigenvalue weighted by atomic mass is 19.4.